The zero-order valence-electron chi connectivity index (χ0n) is 12.8. The second-order valence-electron chi connectivity index (χ2n) is 5.84. The van der Waals surface area contributed by atoms with Crippen molar-refractivity contribution in [3.8, 4) is 5.75 Å². The van der Waals surface area contributed by atoms with E-state index in [4.69, 9.17) is 4.74 Å². The molecule has 0 spiro atoms. The van der Waals surface area contributed by atoms with Gasteiger partial charge >= 0.3 is 0 Å². The minimum absolute atomic E-state index is 0.140. The standard InChI is InChI=1S/C17H25NO2/c1-4-16(20-15-7-5-6-14(3)12-15)17(19)18-10-8-13(2)9-11-18/h5-7,12-13,16H,4,8-11H2,1-3H3/t16-/m1/s1. The van der Waals surface area contributed by atoms with E-state index in [0.29, 0.717) is 6.42 Å². The van der Waals surface area contributed by atoms with Crippen LogP contribution in [0, 0.1) is 12.8 Å². The van der Waals surface area contributed by atoms with Gasteiger partial charge in [0.05, 0.1) is 0 Å². The highest BCUT2D eigenvalue weighted by Gasteiger charge is 2.27. The van der Waals surface area contributed by atoms with Crippen LogP contribution in [-0.2, 0) is 4.79 Å². The van der Waals surface area contributed by atoms with Crippen molar-refractivity contribution in [3.63, 3.8) is 0 Å². The van der Waals surface area contributed by atoms with Crippen LogP contribution in [-0.4, -0.2) is 30.0 Å². The number of benzene rings is 1. The predicted octanol–water partition coefficient (Wildman–Crippen LogP) is 3.41. The topological polar surface area (TPSA) is 29.5 Å². The molecule has 3 heteroatoms. The molecule has 0 saturated carbocycles. The Kier molecular flexibility index (Phi) is 5.05. The van der Waals surface area contributed by atoms with E-state index in [-0.39, 0.29) is 12.0 Å². The summed E-state index contributed by atoms with van der Waals surface area (Å²) in [5.74, 6) is 1.66. The van der Waals surface area contributed by atoms with Gasteiger partial charge in [0.25, 0.3) is 5.91 Å². The number of piperidine rings is 1. The van der Waals surface area contributed by atoms with Crippen LogP contribution < -0.4 is 4.74 Å². The van der Waals surface area contributed by atoms with Crippen LogP contribution in [0.25, 0.3) is 0 Å². The Balaban J connectivity index is 1.99. The van der Waals surface area contributed by atoms with Crippen LogP contribution in [0.1, 0.15) is 38.7 Å². The van der Waals surface area contributed by atoms with E-state index >= 15 is 0 Å². The smallest absolute Gasteiger partial charge is 0.263 e. The van der Waals surface area contributed by atoms with Gasteiger partial charge in [-0.05, 0) is 49.8 Å². The van der Waals surface area contributed by atoms with E-state index in [2.05, 4.69) is 6.92 Å². The minimum Gasteiger partial charge on any atom is -0.481 e. The minimum atomic E-state index is -0.356. The highest BCUT2D eigenvalue weighted by molar-refractivity contribution is 5.81. The Bertz CT molecular complexity index is 450. The summed E-state index contributed by atoms with van der Waals surface area (Å²) in [6, 6.07) is 7.89. The average Bonchev–Trinajstić information content (AvgIpc) is 2.45. The molecule has 3 nitrogen and oxygen atoms in total. The third-order valence-electron chi connectivity index (χ3n) is 4.01. The zero-order valence-corrected chi connectivity index (χ0v) is 12.8. The average molecular weight is 275 g/mol. The molecule has 1 heterocycles. The first kappa shape index (κ1) is 14.9. The second-order valence-corrected chi connectivity index (χ2v) is 5.84. The first-order valence-corrected chi connectivity index (χ1v) is 7.62. The van der Waals surface area contributed by atoms with Gasteiger partial charge in [-0.15, -0.1) is 0 Å². The number of aryl methyl sites for hydroxylation is 1. The highest BCUT2D eigenvalue weighted by Crippen LogP contribution is 2.20. The normalized spacial score (nSPS) is 17.9. The van der Waals surface area contributed by atoms with Crippen LogP contribution in [0.5, 0.6) is 5.75 Å². The molecular formula is C17H25NO2. The van der Waals surface area contributed by atoms with Gasteiger partial charge < -0.3 is 9.64 Å². The van der Waals surface area contributed by atoms with Crippen molar-refractivity contribution in [2.45, 2.75) is 46.1 Å². The summed E-state index contributed by atoms with van der Waals surface area (Å²) in [6.07, 6.45) is 2.56. The lowest BCUT2D eigenvalue weighted by Crippen LogP contribution is -2.45. The van der Waals surface area contributed by atoms with Gasteiger partial charge in [-0.25, -0.2) is 0 Å². The van der Waals surface area contributed by atoms with Gasteiger partial charge in [-0.2, -0.15) is 0 Å². The molecule has 1 atom stereocenters. The molecule has 1 saturated heterocycles. The van der Waals surface area contributed by atoms with E-state index in [1.807, 2.05) is 43.0 Å². The van der Waals surface area contributed by atoms with Crippen LogP contribution in [0.2, 0.25) is 0 Å². The van der Waals surface area contributed by atoms with Crippen LogP contribution >= 0.6 is 0 Å². The number of nitrogens with zero attached hydrogens (tertiary/aromatic N) is 1. The van der Waals surface area contributed by atoms with Crippen molar-refractivity contribution in [1.82, 2.24) is 4.90 Å². The molecule has 0 aromatic heterocycles. The Hall–Kier alpha value is -1.51. The molecule has 1 aliphatic rings. The number of carbonyl (C=O) groups excluding carboxylic acids is 1. The lowest BCUT2D eigenvalue weighted by molar-refractivity contribution is -0.140. The van der Waals surface area contributed by atoms with Crippen molar-refractivity contribution < 1.29 is 9.53 Å². The van der Waals surface area contributed by atoms with E-state index < -0.39 is 0 Å². The quantitative estimate of drug-likeness (QED) is 0.842. The van der Waals surface area contributed by atoms with E-state index in [9.17, 15) is 4.79 Å². The van der Waals surface area contributed by atoms with Crippen molar-refractivity contribution in [3.05, 3.63) is 29.8 Å². The Morgan fingerprint density at radius 2 is 2.10 bits per heavy atom. The summed E-state index contributed by atoms with van der Waals surface area (Å²) < 4.78 is 5.90. The van der Waals surface area contributed by atoms with Crippen LogP contribution in [0.4, 0.5) is 0 Å². The number of hydrogen-bond donors (Lipinski definition) is 0. The number of hydrogen-bond acceptors (Lipinski definition) is 2. The summed E-state index contributed by atoms with van der Waals surface area (Å²) in [5, 5.41) is 0. The van der Waals surface area contributed by atoms with Gasteiger partial charge in [-0.3, -0.25) is 4.79 Å². The Morgan fingerprint density at radius 3 is 2.70 bits per heavy atom. The molecule has 0 N–H and O–H groups in total. The molecule has 0 radical (unpaired) electrons. The molecule has 0 bridgehead atoms. The Labute approximate surface area is 121 Å². The SMILES string of the molecule is CC[C@@H](Oc1cccc(C)c1)C(=O)N1CCC(C)CC1. The molecule has 1 aromatic carbocycles. The molecule has 2 rings (SSSR count). The molecule has 0 unspecified atom stereocenters. The third kappa shape index (κ3) is 3.75. The van der Waals surface area contributed by atoms with Gasteiger partial charge in [0.15, 0.2) is 6.10 Å². The first-order valence-electron chi connectivity index (χ1n) is 7.62. The molecule has 1 amide bonds. The second kappa shape index (κ2) is 6.78. The van der Waals surface area contributed by atoms with Crippen LogP contribution in [0.3, 0.4) is 0 Å². The van der Waals surface area contributed by atoms with Gasteiger partial charge in [0, 0.05) is 13.1 Å². The number of likely N-dealkylation sites (tertiary alicyclic amines) is 1. The fraction of sp³-hybridized carbons (Fsp3) is 0.588. The fourth-order valence-corrected chi connectivity index (χ4v) is 2.59. The molecule has 20 heavy (non-hydrogen) atoms. The summed E-state index contributed by atoms with van der Waals surface area (Å²) in [4.78, 5) is 14.5. The maximum absolute atomic E-state index is 12.5. The van der Waals surface area contributed by atoms with Crippen LogP contribution in [0.15, 0.2) is 24.3 Å². The number of rotatable bonds is 4. The third-order valence-corrected chi connectivity index (χ3v) is 4.01. The molecule has 110 valence electrons. The molecule has 1 aliphatic heterocycles. The maximum atomic E-state index is 12.5. The number of carbonyl (C=O) groups is 1. The maximum Gasteiger partial charge on any atom is 0.263 e. The largest absolute Gasteiger partial charge is 0.481 e. The van der Waals surface area contributed by atoms with E-state index in [1.54, 1.807) is 0 Å². The molecule has 0 aliphatic carbocycles. The lowest BCUT2D eigenvalue weighted by atomic mass is 9.99. The van der Waals surface area contributed by atoms with Crippen molar-refractivity contribution in [2.75, 3.05) is 13.1 Å². The van der Waals surface area contributed by atoms with Gasteiger partial charge in [0.2, 0.25) is 0 Å². The monoisotopic (exact) mass is 275 g/mol. The lowest BCUT2D eigenvalue weighted by Gasteiger charge is -2.32. The summed E-state index contributed by atoms with van der Waals surface area (Å²) in [5.41, 5.74) is 1.15. The van der Waals surface area contributed by atoms with Gasteiger partial charge in [0.1, 0.15) is 5.75 Å². The molecule has 1 aromatic rings. The number of amides is 1. The summed E-state index contributed by atoms with van der Waals surface area (Å²) >= 11 is 0. The van der Waals surface area contributed by atoms with E-state index in [0.717, 1.165) is 43.2 Å². The Morgan fingerprint density at radius 1 is 1.40 bits per heavy atom. The van der Waals surface area contributed by atoms with Crippen molar-refractivity contribution in [2.24, 2.45) is 5.92 Å². The molecule has 1 fully saturated rings. The predicted molar refractivity (Wildman–Crippen MR) is 80.9 cm³/mol. The first-order chi connectivity index (χ1) is 9.60. The highest BCUT2D eigenvalue weighted by atomic mass is 16.5. The molecular weight excluding hydrogens is 250 g/mol. The van der Waals surface area contributed by atoms with Gasteiger partial charge in [-0.1, -0.05) is 26.0 Å². The van der Waals surface area contributed by atoms with Crippen molar-refractivity contribution in [1.29, 1.82) is 0 Å². The fourth-order valence-electron chi connectivity index (χ4n) is 2.59. The zero-order chi connectivity index (χ0) is 14.5. The van der Waals surface area contributed by atoms with Crippen molar-refractivity contribution >= 4 is 5.91 Å². The summed E-state index contributed by atoms with van der Waals surface area (Å²) in [6.45, 7) is 8.02. The summed E-state index contributed by atoms with van der Waals surface area (Å²) in [7, 11) is 0. The number of ether oxygens (including phenoxy) is 1. The van der Waals surface area contributed by atoms with E-state index in [1.165, 1.54) is 0 Å².